The molecule has 0 radical (unpaired) electrons. The zero-order chi connectivity index (χ0) is 13.2. The third kappa shape index (κ3) is 6.10. The van der Waals surface area contributed by atoms with E-state index in [1.54, 1.807) is 0 Å². The van der Waals surface area contributed by atoms with E-state index in [-0.39, 0.29) is 12.6 Å². The summed E-state index contributed by atoms with van der Waals surface area (Å²) in [6.45, 7) is 5.10. The molecule has 4 heteroatoms. The number of rotatable bonds is 9. The van der Waals surface area contributed by atoms with Gasteiger partial charge in [0.2, 0.25) is 0 Å². The van der Waals surface area contributed by atoms with Crippen LogP contribution < -0.4 is 5.32 Å². The highest BCUT2D eigenvalue weighted by Gasteiger charge is 2.09. The van der Waals surface area contributed by atoms with Crippen LogP contribution in [0.4, 0.5) is 0 Å². The van der Waals surface area contributed by atoms with Crippen LogP contribution in [0.3, 0.4) is 0 Å². The minimum Gasteiger partial charge on any atom is -0.395 e. The molecule has 0 saturated heterocycles. The number of aliphatic hydroxyl groups excluding tert-OH is 1. The van der Waals surface area contributed by atoms with Crippen LogP contribution in [0.5, 0.6) is 0 Å². The van der Waals surface area contributed by atoms with Crippen molar-refractivity contribution < 1.29 is 5.11 Å². The summed E-state index contributed by atoms with van der Waals surface area (Å²) in [5.41, 5.74) is 1.12. The van der Waals surface area contributed by atoms with E-state index in [0.29, 0.717) is 0 Å². The maximum absolute atomic E-state index is 9.29. The molecule has 0 aromatic carbocycles. The molecular weight excluding hydrogens is 226 g/mol. The van der Waals surface area contributed by atoms with Crippen LogP contribution in [0, 0.1) is 0 Å². The Kier molecular flexibility index (Phi) is 7.57. The van der Waals surface area contributed by atoms with Crippen molar-refractivity contribution in [3.8, 4) is 0 Å². The van der Waals surface area contributed by atoms with Gasteiger partial charge in [-0.15, -0.1) is 0 Å². The van der Waals surface area contributed by atoms with Gasteiger partial charge in [-0.3, -0.25) is 4.98 Å². The molecule has 18 heavy (non-hydrogen) atoms. The van der Waals surface area contributed by atoms with Gasteiger partial charge in [0.05, 0.1) is 6.61 Å². The average molecular weight is 251 g/mol. The lowest BCUT2D eigenvalue weighted by Crippen LogP contribution is -2.42. The van der Waals surface area contributed by atoms with E-state index in [1.807, 2.05) is 24.4 Å². The van der Waals surface area contributed by atoms with E-state index in [9.17, 15) is 5.11 Å². The van der Waals surface area contributed by atoms with E-state index in [1.165, 1.54) is 0 Å². The Morgan fingerprint density at radius 2 is 2.28 bits per heavy atom. The molecule has 0 aliphatic rings. The molecule has 0 spiro atoms. The number of nitrogens with zero attached hydrogens (tertiary/aromatic N) is 2. The van der Waals surface area contributed by atoms with Crippen LogP contribution in [0.25, 0.3) is 0 Å². The highest BCUT2D eigenvalue weighted by molar-refractivity contribution is 5.03. The van der Waals surface area contributed by atoms with Crippen molar-refractivity contribution in [2.45, 2.75) is 25.8 Å². The van der Waals surface area contributed by atoms with E-state index in [2.05, 4.69) is 29.2 Å². The average Bonchev–Trinajstić information content (AvgIpc) is 2.42. The molecule has 1 atom stereocenters. The number of nitrogens with one attached hydrogen (secondary N) is 1. The first-order valence-electron chi connectivity index (χ1n) is 6.69. The normalized spacial score (nSPS) is 12.9. The maximum atomic E-state index is 9.29. The van der Waals surface area contributed by atoms with Gasteiger partial charge in [-0.25, -0.2) is 0 Å². The Labute approximate surface area is 110 Å². The molecule has 1 aromatic rings. The summed E-state index contributed by atoms with van der Waals surface area (Å²) < 4.78 is 0. The molecule has 0 saturated carbocycles. The van der Waals surface area contributed by atoms with Crippen LogP contribution in [-0.4, -0.2) is 54.3 Å². The number of pyridine rings is 1. The fourth-order valence-corrected chi connectivity index (χ4v) is 1.85. The summed E-state index contributed by atoms with van der Waals surface area (Å²) in [6, 6.07) is 6.16. The van der Waals surface area contributed by atoms with Crippen molar-refractivity contribution in [1.82, 2.24) is 15.2 Å². The molecule has 102 valence electrons. The van der Waals surface area contributed by atoms with Gasteiger partial charge in [-0.2, -0.15) is 0 Å². The zero-order valence-corrected chi connectivity index (χ0v) is 11.5. The number of hydrogen-bond donors (Lipinski definition) is 2. The summed E-state index contributed by atoms with van der Waals surface area (Å²) in [7, 11) is 2.08. The van der Waals surface area contributed by atoms with Crippen LogP contribution in [0.2, 0.25) is 0 Å². The smallest absolute Gasteiger partial charge is 0.0597 e. The lowest BCUT2D eigenvalue weighted by Gasteiger charge is -2.23. The molecule has 0 amide bonds. The molecule has 0 fully saturated rings. The van der Waals surface area contributed by atoms with Crippen LogP contribution in [-0.2, 0) is 6.42 Å². The lowest BCUT2D eigenvalue weighted by atomic mass is 10.2. The highest BCUT2D eigenvalue weighted by atomic mass is 16.3. The van der Waals surface area contributed by atoms with Crippen LogP contribution in [0.15, 0.2) is 24.4 Å². The van der Waals surface area contributed by atoms with Crippen molar-refractivity contribution in [2.75, 3.05) is 33.3 Å². The molecule has 1 heterocycles. The highest BCUT2D eigenvalue weighted by Crippen LogP contribution is 1.97. The van der Waals surface area contributed by atoms with E-state index < -0.39 is 0 Å². The molecular formula is C14H25N3O. The van der Waals surface area contributed by atoms with Gasteiger partial charge in [-0.05, 0) is 32.1 Å². The van der Waals surface area contributed by atoms with E-state index in [4.69, 9.17) is 0 Å². The predicted molar refractivity (Wildman–Crippen MR) is 74.6 cm³/mol. The summed E-state index contributed by atoms with van der Waals surface area (Å²) in [4.78, 5) is 6.54. The summed E-state index contributed by atoms with van der Waals surface area (Å²) >= 11 is 0. The Morgan fingerprint density at radius 1 is 1.44 bits per heavy atom. The van der Waals surface area contributed by atoms with Gasteiger partial charge in [-0.1, -0.05) is 13.0 Å². The first kappa shape index (κ1) is 15.1. The van der Waals surface area contributed by atoms with Crippen molar-refractivity contribution in [3.63, 3.8) is 0 Å². The molecule has 1 aromatic heterocycles. The fourth-order valence-electron chi connectivity index (χ4n) is 1.85. The number of aliphatic hydroxyl groups is 1. The van der Waals surface area contributed by atoms with Crippen LogP contribution in [0.1, 0.15) is 19.0 Å². The quantitative estimate of drug-likeness (QED) is 0.685. The van der Waals surface area contributed by atoms with Gasteiger partial charge >= 0.3 is 0 Å². The third-order valence-corrected chi connectivity index (χ3v) is 2.91. The SMILES string of the molecule is CCCNC(CO)CN(C)CCc1ccccn1. The standard InChI is InChI=1S/C14H25N3O/c1-3-8-15-14(12-18)11-17(2)10-7-13-6-4-5-9-16-13/h4-6,9,14-15,18H,3,7-8,10-12H2,1-2H3. The van der Waals surface area contributed by atoms with Gasteiger partial charge in [0.1, 0.15) is 0 Å². The third-order valence-electron chi connectivity index (χ3n) is 2.91. The summed E-state index contributed by atoms with van der Waals surface area (Å²) in [5.74, 6) is 0. The first-order chi connectivity index (χ1) is 8.76. The molecule has 4 nitrogen and oxygen atoms in total. The van der Waals surface area contributed by atoms with Gasteiger partial charge in [0.25, 0.3) is 0 Å². The molecule has 2 N–H and O–H groups in total. The van der Waals surface area contributed by atoms with Crippen LogP contribution >= 0.6 is 0 Å². The Balaban J connectivity index is 2.25. The minimum absolute atomic E-state index is 0.165. The minimum atomic E-state index is 0.165. The number of likely N-dealkylation sites (N-methyl/N-ethyl adjacent to an activating group) is 1. The molecule has 1 rings (SSSR count). The Hall–Kier alpha value is -0.970. The largest absolute Gasteiger partial charge is 0.395 e. The maximum Gasteiger partial charge on any atom is 0.0597 e. The first-order valence-corrected chi connectivity index (χ1v) is 6.69. The Bertz CT molecular complexity index is 305. The van der Waals surface area contributed by atoms with E-state index in [0.717, 1.165) is 38.2 Å². The second-order valence-corrected chi connectivity index (χ2v) is 4.67. The monoisotopic (exact) mass is 251 g/mol. The van der Waals surface area contributed by atoms with Crippen molar-refractivity contribution in [1.29, 1.82) is 0 Å². The lowest BCUT2D eigenvalue weighted by molar-refractivity contribution is 0.199. The predicted octanol–water partition coefficient (Wildman–Crippen LogP) is 0.916. The van der Waals surface area contributed by atoms with Gasteiger partial charge < -0.3 is 15.3 Å². The van der Waals surface area contributed by atoms with Gasteiger partial charge in [0, 0.05) is 37.4 Å². The van der Waals surface area contributed by atoms with Crippen molar-refractivity contribution >= 4 is 0 Å². The second-order valence-electron chi connectivity index (χ2n) is 4.67. The zero-order valence-electron chi connectivity index (χ0n) is 11.5. The van der Waals surface area contributed by atoms with Gasteiger partial charge in [0.15, 0.2) is 0 Å². The van der Waals surface area contributed by atoms with Crippen molar-refractivity contribution in [3.05, 3.63) is 30.1 Å². The number of aromatic nitrogens is 1. The number of hydrogen-bond acceptors (Lipinski definition) is 4. The summed E-state index contributed by atoms with van der Waals surface area (Å²) in [6.07, 6.45) is 3.87. The molecule has 0 aliphatic carbocycles. The topological polar surface area (TPSA) is 48.4 Å². The molecule has 1 unspecified atom stereocenters. The fraction of sp³-hybridized carbons (Fsp3) is 0.643. The molecule has 0 aliphatic heterocycles. The van der Waals surface area contributed by atoms with Crippen molar-refractivity contribution in [2.24, 2.45) is 0 Å². The van der Waals surface area contributed by atoms with E-state index >= 15 is 0 Å². The summed E-state index contributed by atoms with van der Waals surface area (Å²) in [5, 5.41) is 12.6. The second kappa shape index (κ2) is 9.03. The molecule has 0 bridgehead atoms. The Morgan fingerprint density at radius 3 is 2.89 bits per heavy atom.